The van der Waals surface area contributed by atoms with E-state index in [1.807, 2.05) is 17.8 Å². The Morgan fingerprint density at radius 3 is 3.00 bits per heavy atom. The molecule has 1 aliphatic rings. The number of rotatable bonds is 2. The van der Waals surface area contributed by atoms with E-state index < -0.39 is 5.97 Å². The first-order valence-corrected chi connectivity index (χ1v) is 6.37. The summed E-state index contributed by atoms with van der Waals surface area (Å²) < 4.78 is 0. The SMILES string of the molecule is CC1CSCCN1c1ccc(C(=O)O)nc1. The summed E-state index contributed by atoms with van der Waals surface area (Å²) in [6.07, 6.45) is 1.65. The summed E-state index contributed by atoms with van der Waals surface area (Å²) in [5.41, 5.74) is 1.11. The Bertz CT molecular complexity index is 380. The second-order valence-corrected chi connectivity index (χ2v) is 4.97. The molecule has 4 nitrogen and oxygen atoms in total. The van der Waals surface area contributed by atoms with Crippen LogP contribution in [-0.4, -0.2) is 40.2 Å². The highest BCUT2D eigenvalue weighted by molar-refractivity contribution is 7.99. The zero-order valence-corrected chi connectivity index (χ0v) is 9.91. The lowest BCUT2D eigenvalue weighted by Gasteiger charge is -2.34. The number of anilines is 1. The molecule has 1 aliphatic heterocycles. The van der Waals surface area contributed by atoms with E-state index >= 15 is 0 Å². The summed E-state index contributed by atoms with van der Waals surface area (Å²) >= 11 is 1.95. The van der Waals surface area contributed by atoms with Crippen LogP contribution < -0.4 is 4.90 Å². The van der Waals surface area contributed by atoms with Crippen molar-refractivity contribution in [1.82, 2.24) is 4.98 Å². The van der Waals surface area contributed by atoms with Crippen LogP contribution in [0.3, 0.4) is 0 Å². The lowest BCUT2D eigenvalue weighted by molar-refractivity contribution is 0.0690. The minimum Gasteiger partial charge on any atom is -0.477 e. The quantitative estimate of drug-likeness (QED) is 0.850. The smallest absolute Gasteiger partial charge is 0.354 e. The van der Waals surface area contributed by atoms with Crippen molar-refractivity contribution in [2.45, 2.75) is 13.0 Å². The van der Waals surface area contributed by atoms with E-state index in [-0.39, 0.29) is 5.69 Å². The molecule has 86 valence electrons. The van der Waals surface area contributed by atoms with Gasteiger partial charge in [0, 0.05) is 24.1 Å². The fraction of sp³-hybridized carbons (Fsp3) is 0.455. The van der Waals surface area contributed by atoms with Crippen molar-refractivity contribution >= 4 is 23.4 Å². The zero-order valence-electron chi connectivity index (χ0n) is 9.09. The molecule has 1 atom stereocenters. The molecular formula is C11H14N2O2S. The highest BCUT2D eigenvalue weighted by Gasteiger charge is 2.19. The molecule has 2 rings (SSSR count). The van der Waals surface area contributed by atoms with Crippen LogP contribution in [0.25, 0.3) is 0 Å². The number of carboxylic acids is 1. The predicted octanol–water partition coefficient (Wildman–Crippen LogP) is 1.72. The van der Waals surface area contributed by atoms with Gasteiger partial charge in [0.1, 0.15) is 5.69 Å². The van der Waals surface area contributed by atoms with Gasteiger partial charge in [0.2, 0.25) is 0 Å². The molecule has 0 amide bonds. The maximum atomic E-state index is 10.7. The molecule has 0 aromatic carbocycles. The minimum absolute atomic E-state index is 0.0998. The van der Waals surface area contributed by atoms with Crippen LogP contribution in [0.5, 0.6) is 0 Å². The van der Waals surface area contributed by atoms with Crippen LogP contribution in [0.15, 0.2) is 18.3 Å². The summed E-state index contributed by atoms with van der Waals surface area (Å²) in [5.74, 6) is 1.25. The lowest BCUT2D eigenvalue weighted by atomic mass is 10.2. The van der Waals surface area contributed by atoms with Gasteiger partial charge in [-0.3, -0.25) is 0 Å². The van der Waals surface area contributed by atoms with E-state index in [0.717, 1.165) is 23.7 Å². The average molecular weight is 238 g/mol. The van der Waals surface area contributed by atoms with Crippen molar-refractivity contribution in [3.8, 4) is 0 Å². The molecule has 0 bridgehead atoms. The van der Waals surface area contributed by atoms with E-state index in [0.29, 0.717) is 6.04 Å². The Morgan fingerprint density at radius 2 is 2.44 bits per heavy atom. The number of aromatic carboxylic acids is 1. The Labute approximate surface area is 98.7 Å². The number of nitrogens with zero attached hydrogens (tertiary/aromatic N) is 2. The van der Waals surface area contributed by atoms with Crippen LogP contribution >= 0.6 is 11.8 Å². The largest absolute Gasteiger partial charge is 0.477 e. The highest BCUT2D eigenvalue weighted by atomic mass is 32.2. The van der Waals surface area contributed by atoms with Crippen LogP contribution in [-0.2, 0) is 0 Å². The number of carboxylic acid groups (broad SMARTS) is 1. The molecule has 1 aromatic heterocycles. The van der Waals surface area contributed by atoms with Gasteiger partial charge in [-0.1, -0.05) is 0 Å². The Morgan fingerprint density at radius 1 is 1.62 bits per heavy atom. The molecule has 0 aliphatic carbocycles. The topological polar surface area (TPSA) is 53.4 Å². The summed E-state index contributed by atoms with van der Waals surface area (Å²) in [6.45, 7) is 3.18. The third kappa shape index (κ3) is 2.29. The molecule has 1 aromatic rings. The monoisotopic (exact) mass is 238 g/mol. The summed E-state index contributed by atoms with van der Waals surface area (Å²) in [4.78, 5) is 16.9. The van der Waals surface area contributed by atoms with Gasteiger partial charge in [0.25, 0.3) is 0 Å². The standard InChI is InChI=1S/C11H14N2O2S/c1-8-7-16-5-4-13(8)9-2-3-10(11(14)15)12-6-9/h2-3,6,8H,4-5,7H2,1H3,(H,14,15). The molecule has 1 unspecified atom stereocenters. The fourth-order valence-corrected chi connectivity index (χ4v) is 2.81. The second-order valence-electron chi connectivity index (χ2n) is 3.82. The summed E-state index contributed by atoms with van der Waals surface area (Å²) in [7, 11) is 0. The zero-order chi connectivity index (χ0) is 11.5. The van der Waals surface area contributed by atoms with Crippen molar-refractivity contribution in [3.05, 3.63) is 24.0 Å². The number of pyridine rings is 1. The van der Waals surface area contributed by atoms with E-state index in [1.54, 1.807) is 12.3 Å². The van der Waals surface area contributed by atoms with Crippen molar-refractivity contribution in [2.24, 2.45) is 0 Å². The lowest BCUT2D eigenvalue weighted by Crippen LogP contribution is -2.40. The van der Waals surface area contributed by atoms with Gasteiger partial charge in [0.05, 0.1) is 11.9 Å². The van der Waals surface area contributed by atoms with Gasteiger partial charge < -0.3 is 10.0 Å². The van der Waals surface area contributed by atoms with Crippen LogP contribution in [0.1, 0.15) is 17.4 Å². The number of aromatic nitrogens is 1. The molecule has 0 saturated carbocycles. The van der Waals surface area contributed by atoms with Gasteiger partial charge >= 0.3 is 5.97 Å². The molecule has 1 fully saturated rings. The van der Waals surface area contributed by atoms with Gasteiger partial charge in [-0.05, 0) is 19.1 Å². The van der Waals surface area contributed by atoms with E-state index in [9.17, 15) is 4.79 Å². The van der Waals surface area contributed by atoms with E-state index in [1.165, 1.54) is 0 Å². The second kappa shape index (κ2) is 4.74. The Kier molecular flexibility index (Phi) is 3.33. The maximum Gasteiger partial charge on any atom is 0.354 e. The number of hydrogen-bond donors (Lipinski definition) is 1. The van der Waals surface area contributed by atoms with Gasteiger partial charge in [-0.2, -0.15) is 11.8 Å². The van der Waals surface area contributed by atoms with Crippen LogP contribution in [0.2, 0.25) is 0 Å². The summed E-state index contributed by atoms with van der Waals surface area (Å²) in [6, 6.07) is 3.88. The molecule has 2 heterocycles. The summed E-state index contributed by atoms with van der Waals surface area (Å²) in [5, 5.41) is 8.76. The molecular weight excluding hydrogens is 224 g/mol. The average Bonchev–Trinajstić information content (AvgIpc) is 2.30. The third-order valence-corrected chi connectivity index (χ3v) is 3.86. The maximum absolute atomic E-state index is 10.7. The van der Waals surface area contributed by atoms with Crippen molar-refractivity contribution in [3.63, 3.8) is 0 Å². The molecule has 0 spiro atoms. The van der Waals surface area contributed by atoms with Gasteiger partial charge in [-0.25, -0.2) is 9.78 Å². The third-order valence-electron chi connectivity index (χ3n) is 2.67. The number of carbonyl (C=O) groups is 1. The van der Waals surface area contributed by atoms with E-state index in [4.69, 9.17) is 5.11 Å². The van der Waals surface area contributed by atoms with Gasteiger partial charge in [0.15, 0.2) is 0 Å². The van der Waals surface area contributed by atoms with Crippen molar-refractivity contribution in [1.29, 1.82) is 0 Å². The van der Waals surface area contributed by atoms with Gasteiger partial charge in [-0.15, -0.1) is 0 Å². The first-order valence-electron chi connectivity index (χ1n) is 5.22. The molecule has 1 saturated heterocycles. The molecule has 0 radical (unpaired) electrons. The Hall–Kier alpha value is -1.23. The van der Waals surface area contributed by atoms with Crippen LogP contribution in [0.4, 0.5) is 5.69 Å². The first-order chi connectivity index (χ1) is 7.68. The molecule has 16 heavy (non-hydrogen) atoms. The first kappa shape index (κ1) is 11.3. The number of hydrogen-bond acceptors (Lipinski definition) is 4. The number of thioether (sulfide) groups is 1. The Balaban J connectivity index is 2.17. The fourth-order valence-electron chi connectivity index (χ4n) is 1.79. The van der Waals surface area contributed by atoms with Crippen molar-refractivity contribution in [2.75, 3.05) is 23.0 Å². The van der Waals surface area contributed by atoms with Crippen LogP contribution in [0, 0.1) is 0 Å². The highest BCUT2D eigenvalue weighted by Crippen LogP contribution is 2.23. The van der Waals surface area contributed by atoms with E-state index in [2.05, 4.69) is 16.8 Å². The normalized spacial score (nSPS) is 20.8. The minimum atomic E-state index is -0.978. The molecule has 1 N–H and O–H groups in total. The predicted molar refractivity (Wildman–Crippen MR) is 65.3 cm³/mol. The molecule has 5 heteroatoms. The van der Waals surface area contributed by atoms with Crippen molar-refractivity contribution < 1.29 is 9.90 Å².